The first-order chi connectivity index (χ1) is 6.90. The van der Waals surface area contributed by atoms with Crippen LogP contribution in [0, 0.1) is 6.92 Å². The van der Waals surface area contributed by atoms with Crippen LogP contribution >= 0.6 is 0 Å². The SMILES string of the molecule is C=Cc1cc(C)c(C(C)(C)C)cc1NC. The Morgan fingerprint density at radius 3 is 2.27 bits per heavy atom. The molecule has 0 saturated heterocycles. The van der Waals surface area contributed by atoms with E-state index in [1.165, 1.54) is 16.7 Å². The summed E-state index contributed by atoms with van der Waals surface area (Å²) in [5.41, 5.74) is 5.23. The standard InChI is InChI=1S/C14H21N/c1-7-11-8-10(2)12(14(3,4)5)9-13(11)15-6/h7-9,15H,1H2,2-6H3. The predicted octanol–water partition coefficient (Wildman–Crippen LogP) is 3.98. The highest BCUT2D eigenvalue weighted by atomic mass is 14.8. The van der Waals surface area contributed by atoms with Crippen molar-refractivity contribution in [3.63, 3.8) is 0 Å². The van der Waals surface area contributed by atoms with Gasteiger partial charge in [0.15, 0.2) is 0 Å². The molecule has 0 saturated carbocycles. The summed E-state index contributed by atoms with van der Waals surface area (Å²) in [6, 6.07) is 4.42. The molecule has 1 rings (SSSR count). The van der Waals surface area contributed by atoms with Crippen molar-refractivity contribution in [3.8, 4) is 0 Å². The van der Waals surface area contributed by atoms with E-state index < -0.39 is 0 Å². The molecule has 82 valence electrons. The number of nitrogens with one attached hydrogen (secondary N) is 1. The van der Waals surface area contributed by atoms with E-state index in [1.54, 1.807) is 0 Å². The Labute approximate surface area is 93.2 Å². The number of hydrogen-bond acceptors (Lipinski definition) is 1. The minimum absolute atomic E-state index is 0.190. The molecule has 0 unspecified atom stereocenters. The molecular weight excluding hydrogens is 182 g/mol. The minimum atomic E-state index is 0.190. The third-order valence-corrected chi connectivity index (χ3v) is 2.69. The number of anilines is 1. The Hall–Kier alpha value is -1.24. The Morgan fingerprint density at radius 1 is 1.27 bits per heavy atom. The third kappa shape index (κ3) is 2.41. The molecule has 1 heteroatoms. The van der Waals surface area contributed by atoms with Gasteiger partial charge in [0.05, 0.1) is 0 Å². The zero-order valence-electron chi connectivity index (χ0n) is 10.4. The van der Waals surface area contributed by atoms with Crippen LogP contribution < -0.4 is 5.32 Å². The Bertz CT molecular complexity index is 370. The van der Waals surface area contributed by atoms with Crippen LogP contribution in [0.2, 0.25) is 0 Å². The van der Waals surface area contributed by atoms with E-state index in [0.717, 1.165) is 5.69 Å². The van der Waals surface area contributed by atoms with Gasteiger partial charge in [-0.2, -0.15) is 0 Å². The van der Waals surface area contributed by atoms with Gasteiger partial charge in [0.25, 0.3) is 0 Å². The fraction of sp³-hybridized carbons (Fsp3) is 0.429. The molecule has 1 N–H and O–H groups in total. The van der Waals surface area contributed by atoms with Crippen molar-refractivity contribution in [2.75, 3.05) is 12.4 Å². The lowest BCUT2D eigenvalue weighted by Gasteiger charge is -2.23. The highest BCUT2D eigenvalue weighted by Crippen LogP contribution is 2.30. The Kier molecular flexibility index (Phi) is 3.23. The largest absolute Gasteiger partial charge is 0.388 e. The van der Waals surface area contributed by atoms with Gasteiger partial charge in [0.1, 0.15) is 0 Å². The molecule has 0 aliphatic heterocycles. The van der Waals surface area contributed by atoms with Gasteiger partial charge in [-0.15, -0.1) is 0 Å². The lowest BCUT2D eigenvalue weighted by molar-refractivity contribution is 0.586. The second-order valence-corrected chi connectivity index (χ2v) is 4.96. The van der Waals surface area contributed by atoms with Crippen molar-refractivity contribution in [3.05, 3.63) is 35.4 Å². The lowest BCUT2D eigenvalue weighted by Crippen LogP contribution is -2.14. The monoisotopic (exact) mass is 203 g/mol. The molecule has 0 aliphatic carbocycles. The van der Waals surface area contributed by atoms with Gasteiger partial charge in [-0.3, -0.25) is 0 Å². The molecule has 0 amide bonds. The van der Waals surface area contributed by atoms with E-state index in [4.69, 9.17) is 0 Å². The Balaban J connectivity index is 3.39. The van der Waals surface area contributed by atoms with E-state index in [9.17, 15) is 0 Å². The second-order valence-electron chi connectivity index (χ2n) is 4.96. The molecule has 0 heterocycles. The van der Waals surface area contributed by atoms with Crippen LogP contribution in [-0.2, 0) is 5.41 Å². The molecule has 0 radical (unpaired) electrons. The first-order valence-corrected chi connectivity index (χ1v) is 5.35. The summed E-state index contributed by atoms with van der Waals surface area (Å²) < 4.78 is 0. The van der Waals surface area contributed by atoms with Gasteiger partial charge < -0.3 is 5.32 Å². The van der Waals surface area contributed by atoms with Gasteiger partial charge in [-0.05, 0) is 41.2 Å². The molecule has 1 nitrogen and oxygen atoms in total. The van der Waals surface area contributed by atoms with Gasteiger partial charge in [0.2, 0.25) is 0 Å². The summed E-state index contributed by atoms with van der Waals surface area (Å²) in [5.74, 6) is 0. The summed E-state index contributed by atoms with van der Waals surface area (Å²) in [6.07, 6.45) is 1.89. The smallest absolute Gasteiger partial charge is 0.0414 e. The number of hydrogen-bond donors (Lipinski definition) is 1. The van der Waals surface area contributed by atoms with Crippen molar-refractivity contribution in [2.45, 2.75) is 33.1 Å². The van der Waals surface area contributed by atoms with E-state index in [1.807, 2.05) is 13.1 Å². The minimum Gasteiger partial charge on any atom is -0.388 e. The molecular formula is C14H21N. The van der Waals surface area contributed by atoms with Crippen LogP contribution in [-0.4, -0.2) is 7.05 Å². The number of aryl methyl sites for hydroxylation is 1. The summed E-state index contributed by atoms with van der Waals surface area (Å²) in [4.78, 5) is 0. The maximum Gasteiger partial charge on any atom is 0.0414 e. The molecule has 0 aromatic heterocycles. The van der Waals surface area contributed by atoms with Crippen molar-refractivity contribution in [2.24, 2.45) is 0 Å². The molecule has 0 fully saturated rings. The quantitative estimate of drug-likeness (QED) is 0.766. The van der Waals surface area contributed by atoms with Gasteiger partial charge in [0, 0.05) is 12.7 Å². The second kappa shape index (κ2) is 4.09. The topological polar surface area (TPSA) is 12.0 Å². The van der Waals surface area contributed by atoms with Crippen LogP contribution in [0.4, 0.5) is 5.69 Å². The van der Waals surface area contributed by atoms with Crippen molar-refractivity contribution < 1.29 is 0 Å². The fourth-order valence-electron chi connectivity index (χ4n) is 1.92. The summed E-state index contributed by atoms with van der Waals surface area (Å²) >= 11 is 0. The summed E-state index contributed by atoms with van der Waals surface area (Å²) in [5, 5.41) is 3.21. The Morgan fingerprint density at radius 2 is 1.87 bits per heavy atom. The van der Waals surface area contributed by atoms with Crippen LogP contribution in [0.1, 0.15) is 37.5 Å². The van der Waals surface area contributed by atoms with E-state index in [0.29, 0.717) is 0 Å². The molecule has 15 heavy (non-hydrogen) atoms. The maximum atomic E-state index is 3.83. The van der Waals surface area contributed by atoms with E-state index >= 15 is 0 Å². The molecule has 1 aromatic rings. The molecule has 0 spiro atoms. The molecule has 0 aliphatic rings. The number of rotatable bonds is 2. The molecule has 1 aromatic carbocycles. The van der Waals surface area contributed by atoms with Crippen LogP contribution in [0.5, 0.6) is 0 Å². The fourth-order valence-corrected chi connectivity index (χ4v) is 1.92. The third-order valence-electron chi connectivity index (χ3n) is 2.69. The van der Waals surface area contributed by atoms with Crippen molar-refractivity contribution >= 4 is 11.8 Å². The molecule has 0 atom stereocenters. The normalized spacial score (nSPS) is 11.3. The van der Waals surface area contributed by atoms with E-state index in [2.05, 4.69) is 51.7 Å². The van der Waals surface area contributed by atoms with Crippen LogP contribution in [0.25, 0.3) is 6.08 Å². The predicted molar refractivity (Wildman–Crippen MR) is 69.5 cm³/mol. The zero-order chi connectivity index (χ0) is 11.6. The van der Waals surface area contributed by atoms with Gasteiger partial charge in [-0.25, -0.2) is 0 Å². The van der Waals surface area contributed by atoms with Crippen LogP contribution in [0.15, 0.2) is 18.7 Å². The average molecular weight is 203 g/mol. The average Bonchev–Trinajstić information content (AvgIpc) is 2.15. The summed E-state index contributed by atoms with van der Waals surface area (Å²) in [7, 11) is 1.95. The van der Waals surface area contributed by atoms with Gasteiger partial charge in [-0.1, -0.05) is 33.4 Å². The number of benzene rings is 1. The zero-order valence-corrected chi connectivity index (χ0v) is 10.4. The molecule has 0 bridgehead atoms. The highest BCUT2D eigenvalue weighted by molar-refractivity contribution is 5.68. The lowest BCUT2D eigenvalue weighted by atomic mass is 9.83. The van der Waals surface area contributed by atoms with Crippen molar-refractivity contribution in [1.29, 1.82) is 0 Å². The maximum absolute atomic E-state index is 3.83. The summed E-state index contributed by atoms with van der Waals surface area (Å²) in [6.45, 7) is 12.7. The van der Waals surface area contributed by atoms with Crippen molar-refractivity contribution in [1.82, 2.24) is 0 Å². The highest BCUT2D eigenvalue weighted by Gasteiger charge is 2.17. The first-order valence-electron chi connectivity index (χ1n) is 5.35. The van der Waals surface area contributed by atoms with Crippen LogP contribution in [0.3, 0.4) is 0 Å². The van der Waals surface area contributed by atoms with Gasteiger partial charge >= 0.3 is 0 Å². The first kappa shape index (κ1) is 11.8. The van der Waals surface area contributed by atoms with E-state index in [-0.39, 0.29) is 5.41 Å².